The summed E-state index contributed by atoms with van der Waals surface area (Å²) in [4.78, 5) is 2.42. The Morgan fingerprint density at radius 2 is 2.04 bits per heavy atom. The maximum Gasteiger partial charge on any atom is 0.127 e. The molecule has 0 aliphatic carbocycles. The molecule has 2 saturated heterocycles. The van der Waals surface area contributed by atoms with Crippen LogP contribution in [0, 0.1) is 5.82 Å². The van der Waals surface area contributed by atoms with E-state index in [1.165, 1.54) is 0 Å². The van der Waals surface area contributed by atoms with Gasteiger partial charge in [0, 0.05) is 31.5 Å². The van der Waals surface area contributed by atoms with E-state index < -0.39 is 0 Å². The second-order valence-corrected chi connectivity index (χ2v) is 6.50. The highest BCUT2D eigenvalue weighted by Gasteiger charge is 2.29. The summed E-state index contributed by atoms with van der Waals surface area (Å²) in [6.45, 7) is 2.88. The highest BCUT2D eigenvalue weighted by Crippen LogP contribution is 2.33. The molecular formula is C18H22FN3O. The summed E-state index contributed by atoms with van der Waals surface area (Å²) in [7, 11) is 0. The van der Waals surface area contributed by atoms with E-state index in [0.717, 1.165) is 62.1 Å². The Hall–Kier alpha value is -1.72. The summed E-state index contributed by atoms with van der Waals surface area (Å²) in [6.07, 6.45) is 8.10. The lowest BCUT2D eigenvalue weighted by Crippen LogP contribution is -2.40. The van der Waals surface area contributed by atoms with Crippen molar-refractivity contribution in [1.29, 1.82) is 0 Å². The van der Waals surface area contributed by atoms with E-state index in [1.807, 2.05) is 12.1 Å². The van der Waals surface area contributed by atoms with Gasteiger partial charge in [-0.2, -0.15) is 5.10 Å². The Balaban J connectivity index is 1.44. The first-order valence-electron chi connectivity index (χ1n) is 8.45. The third kappa shape index (κ3) is 3.03. The van der Waals surface area contributed by atoms with Gasteiger partial charge in [-0.25, -0.2) is 4.39 Å². The highest BCUT2D eigenvalue weighted by molar-refractivity contribution is 5.62. The number of hydrogen-bond acceptors (Lipinski definition) is 3. The van der Waals surface area contributed by atoms with Gasteiger partial charge in [-0.15, -0.1) is 0 Å². The number of benzene rings is 1. The zero-order chi connectivity index (χ0) is 15.6. The van der Waals surface area contributed by atoms with Gasteiger partial charge in [-0.1, -0.05) is 12.1 Å². The third-order valence-corrected chi connectivity index (χ3v) is 5.11. The molecule has 0 bridgehead atoms. The molecule has 1 unspecified atom stereocenters. The number of nitrogens with zero attached hydrogens (tertiary/aromatic N) is 2. The number of likely N-dealkylation sites (tertiary alicyclic amines) is 1. The van der Waals surface area contributed by atoms with E-state index in [4.69, 9.17) is 4.74 Å². The van der Waals surface area contributed by atoms with Crippen molar-refractivity contribution in [2.45, 2.75) is 37.8 Å². The molecule has 1 aromatic carbocycles. The topological polar surface area (TPSA) is 41.2 Å². The minimum Gasteiger partial charge on any atom is -0.363 e. The molecule has 0 saturated carbocycles. The first-order valence-corrected chi connectivity index (χ1v) is 8.45. The molecule has 1 atom stereocenters. The molecule has 0 radical (unpaired) electrons. The quantitative estimate of drug-likeness (QED) is 0.942. The Morgan fingerprint density at radius 3 is 2.70 bits per heavy atom. The second-order valence-electron chi connectivity index (χ2n) is 6.50. The van der Waals surface area contributed by atoms with Gasteiger partial charge in [0.2, 0.25) is 0 Å². The first kappa shape index (κ1) is 14.8. The molecular weight excluding hydrogens is 293 g/mol. The van der Waals surface area contributed by atoms with Crippen LogP contribution in [0.2, 0.25) is 0 Å². The predicted octanol–water partition coefficient (Wildman–Crippen LogP) is 3.53. The van der Waals surface area contributed by atoms with Crippen LogP contribution in [-0.2, 0) is 4.74 Å². The standard InChI is InChI=1S/C18H22FN3O/c19-17-10-14(15-11-20-21-12-15)3-4-16(17)13-5-7-22(8-6-13)18-2-1-9-23-18/h3-4,10-13,18H,1-2,5-9H2,(H,20,21). The largest absolute Gasteiger partial charge is 0.363 e. The van der Waals surface area contributed by atoms with Crippen molar-refractivity contribution in [2.75, 3.05) is 19.7 Å². The van der Waals surface area contributed by atoms with Crippen LogP contribution in [0.1, 0.15) is 37.2 Å². The summed E-state index contributed by atoms with van der Waals surface area (Å²) in [5.41, 5.74) is 2.64. The lowest BCUT2D eigenvalue weighted by atomic mass is 9.88. The van der Waals surface area contributed by atoms with Gasteiger partial charge in [0.1, 0.15) is 12.0 Å². The Morgan fingerprint density at radius 1 is 1.17 bits per heavy atom. The van der Waals surface area contributed by atoms with E-state index in [0.29, 0.717) is 12.1 Å². The number of halogens is 1. The predicted molar refractivity (Wildman–Crippen MR) is 86.5 cm³/mol. The summed E-state index contributed by atoms with van der Waals surface area (Å²) in [5.74, 6) is 0.213. The lowest BCUT2D eigenvalue weighted by molar-refractivity contribution is -0.0314. The smallest absolute Gasteiger partial charge is 0.127 e. The van der Waals surface area contributed by atoms with Crippen LogP contribution in [0.25, 0.3) is 11.1 Å². The third-order valence-electron chi connectivity index (χ3n) is 5.11. The maximum atomic E-state index is 14.6. The van der Waals surface area contributed by atoms with Crippen LogP contribution in [0.15, 0.2) is 30.6 Å². The average molecular weight is 315 g/mol. The fraction of sp³-hybridized carbons (Fsp3) is 0.500. The van der Waals surface area contributed by atoms with Crippen molar-refractivity contribution < 1.29 is 9.13 Å². The molecule has 23 heavy (non-hydrogen) atoms. The highest BCUT2D eigenvalue weighted by atomic mass is 19.1. The second kappa shape index (κ2) is 6.42. The molecule has 2 aliphatic rings. The van der Waals surface area contributed by atoms with Gasteiger partial charge in [0.05, 0.1) is 6.20 Å². The molecule has 0 amide bonds. The minimum atomic E-state index is -0.0979. The van der Waals surface area contributed by atoms with E-state index in [9.17, 15) is 4.39 Å². The van der Waals surface area contributed by atoms with Crippen molar-refractivity contribution in [3.8, 4) is 11.1 Å². The van der Waals surface area contributed by atoms with E-state index in [2.05, 4.69) is 15.1 Å². The average Bonchev–Trinajstić information content (AvgIpc) is 3.29. The summed E-state index contributed by atoms with van der Waals surface area (Å²) >= 11 is 0. The molecule has 1 aromatic heterocycles. The van der Waals surface area contributed by atoms with Gasteiger partial charge in [-0.3, -0.25) is 10.00 Å². The van der Waals surface area contributed by atoms with Crippen molar-refractivity contribution in [2.24, 2.45) is 0 Å². The SMILES string of the molecule is Fc1cc(-c2cn[nH]c2)ccc1C1CCN(C2CCCO2)CC1. The van der Waals surface area contributed by atoms with Gasteiger partial charge in [0.15, 0.2) is 0 Å². The molecule has 4 nitrogen and oxygen atoms in total. The van der Waals surface area contributed by atoms with Crippen LogP contribution >= 0.6 is 0 Å². The molecule has 2 aliphatic heterocycles. The molecule has 3 heterocycles. The Labute approximate surface area is 135 Å². The lowest BCUT2D eigenvalue weighted by Gasteiger charge is -2.35. The number of ether oxygens (including phenoxy) is 1. The summed E-state index contributed by atoms with van der Waals surface area (Å²) < 4.78 is 20.3. The van der Waals surface area contributed by atoms with Gasteiger partial charge in [0.25, 0.3) is 0 Å². The van der Waals surface area contributed by atoms with E-state index in [1.54, 1.807) is 18.5 Å². The number of piperidine rings is 1. The molecule has 2 aromatic rings. The van der Waals surface area contributed by atoms with Crippen molar-refractivity contribution in [3.63, 3.8) is 0 Å². The fourth-order valence-electron chi connectivity index (χ4n) is 3.79. The van der Waals surface area contributed by atoms with Gasteiger partial charge >= 0.3 is 0 Å². The molecule has 122 valence electrons. The fourth-order valence-corrected chi connectivity index (χ4v) is 3.79. The minimum absolute atomic E-state index is 0.0979. The molecule has 4 rings (SSSR count). The normalized spacial score (nSPS) is 23.4. The van der Waals surface area contributed by atoms with E-state index in [-0.39, 0.29) is 5.82 Å². The summed E-state index contributed by atoms with van der Waals surface area (Å²) in [5, 5.41) is 6.69. The van der Waals surface area contributed by atoms with Crippen molar-refractivity contribution >= 4 is 0 Å². The monoisotopic (exact) mass is 315 g/mol. The first-order chi connectivity index (χ1) is 11.3. The summed E-state index contributed by atoms with van der Waals surface area (Å²) in [6, 6.07) is 5.58. The van der Waals surface area contributed by atoms with Crippen LogP contribution in [0.3, 0.4) is 0 Å². The molecule has 1 N–H and O–H groups in total. The zero-order valence-electron chi connectivity index (χ0n) is 13.2. The zero-order valence-corrected chi connectivity index (χ0v) is 13.2. The molecule has 0 spiro atoms. The van der Waals surface area contributed by atoms with Crippen LogP contribution in [0.4, 0.5) is 4.39 Å². The Bertz CT molecular complexity index is 644. The van der Waals surface area contributed by atoms with Gasteiger partial charge in [-0.05, 0) is 48.8 Å². The number of aromatic nitrogens is 2. The molecule has 5 heteroatoms. The van der Waals surface area contributed by atoms with Gasteiger partial charge < -0.3 is 4.74 Å². The number of H-pyrrole nitrogens is 1. The number of rotatable bonds is 3. The van der Waals surface area contributed by atoms with Crippen LogP contribution < -0.4 is 0 Å². The number of hydrogen-bond donors (Lipinski definition) is 1. The van der Waals surface area contributed by atoms with Crippen LogP contribution in [-0.4, -0.2) is 41.0 Å². The van der Waals surface area contributed by atoms with Crippen molar-refractivity contribution in [3.05, 3.63) is 42.0 Å². The van der Waals surface area contributed by atoms with Crippen molar-refractivity contribution in [1.82, 2.24) is 15.1 Å². The Kier molecular flexibility index (Phi) is 4.14. The van der Waals surface area contributed by atoms with Crippen LogP contribution in [0.5, 0.6) is 0 Å². The maximum absolute atomic E-state index is 14.6. The number of aromatic amines is 1. The number of nitrogens with one attached hydrogen (secondary N) is 1. The molecule has 2 fully saturated rings. The van der Waals surface area contributed by atoms with E-state index >= 15 is 0 Å².